The second-order valence-electron chi connectivity index (χ2n) is 3.89. The van der Waals surface area contributed by atoms with Crippen molar-refractivity contribution in [2.24, 2.45) is 0 Å². The molecule has 0 saturated heterocycles. The molecule has 3 rings (SSSR count). The molecule has 86 valence electrons. The van der Waals surface area contributed by atoms with E-state index in [1.165, 1.54) is 6.07 Å². The molecule has 3 nitrogen and oxygen atoms in total. The minimum absolute atomic E-state index is 0.153. The largest absolute Gasteiger partial charge is 0.456 e. The van der Waals surface area contributed by atoms with E-state index in [9.17, 15) is 4.79 Å². The second kappa shape index (κ2) is 3.86. The lowest BCUT2D eigenvalue weighted by atomic mass is 10.1. The molecule has 0 radical (unpaired) electrons. The van der Waals surface area contributed by atoms with Crippen molar-refractivity contribution in [1.29, 1.82) is 5.26 Å². The molecule has 0 aliphatic carbocycles. The molecule has 0 N–H and O–H groups in total. The molecule has 0 amide bonds. The zero-order valence-electron chi connectivity index (χ0n) is 9.11. The van der Waals surface area contributed by atoms with E-state index >= 15 is 0 Å². The monoisotopic (exact) mass is 255 g/mol. The van der Waals surface area contributed by atoms with Gasteiger partial charge in [0.15, 0.2) is 0 Å². The normalized spacial score (nSPS) is 10.7. The van der Waals surface area contributed by atoms with Crippen LogP contribution in [-0.4, -0.2) is 0 Å². The predicted molar refractivity (Wildman–Crippen MR) is 69.7 cm³/mol. The van der Waals surface area contributed by atoms with E-state index in [0.717, 1.165) is 0 Å². The van der Waals surface area contributed by atoms with Crippen molar-refractivity contribution < 1.29 is 4.42 Å². The number of hydrogen-bond acceptors (Lipinski definition) is 3. The zero-order valence-corrected chi connectivity index (χ0v) is 9.86. The Morgan fingerprint density at radius 1 is 1.06 bits per heavy atom. The Hall–Kier alpha value is -2.31. The first-order valence-electron chi connectivity index (χ1n) is 5.25. The van der Waals surface area contributed by atoms with E-state index in [1.54, 1.807) is 30.3 Å². The number of hydrogen-bond donors (Lipinski definition) is 0. The van der Waals surface area contributed by atoms with Gasteiger partial charge >= 0.3 is 0 Å². The molecule has 4 heteroatoms. The van der Waals surface area contributed by atoms with Gasteiger partial charge < -0.3 is 4.42 Å². The van der Waals surface area contributed by atoms with Crippen LogP contribution < -0.4 is 5.43 Å². The number of benzene rings is 2. The van der Waals surface area contributed by atoms with E-state index in [2.05, 4.69) is 0 Å². The SMILES string of the molecule is N#Cc1ccc2oc3cc(Cl)ccc3c(=O)c2c1. The standard InChI is InChI=1S/C14H6ClNO2/c15-9-2-3-10-13(6-9)18-12-4-1-8(7-16)5-11(12)14(10)17/h1-6H. The first-order valence-corrected chi connectivity index (χ1v) is 5.63. The summed E-state index contributed by atoms with van der Waals surface area (Å²) in [5, 5.41) is 10.2. The minimum Gasteiger partial charge on any atom is -0.456 e. The molecule has 1 aromatic heterocycles. The van der Waals surface area contributed by atoms with Crippen LogP contribution in [0.5, 0.6) is 0 Å². The fraction of sp³-hybridized carbons (Fsp3) is 0. The maximum atomic E-state index is 12.3. The molecule has 18 heavy (non-hydrogen) atoms. The van der Waals surface area contributed by atoms with Gasteiger partial charge in [0.25, 0.3) is 0 Å². The lowest BCUT2D eigenvalue weighted by molar-refractivity contribution is 0.660. The van der Waals surface area contributed by atoms with Crippen LogP contribution in [0.4, 0.5) is 0 Å². The Morgan fingerprint density at radius 3 is 2.67 bits per heavy atom. The van der Waals surface area contributed by atoms with Crippen molar-refractivity contribution in [3.05, 3.63) is 57.2 Å². The Labute approximate surface area is 107 Å². The van der Waals surface area contributed by atoms with Crippen LogP contribution in [0.3, 0.4) is 0 Å². The highest BCUT2D eigenvalue weighted by molar-refractivity contribution is 6.31. The molecule has 0 spiro atoms. The van der Waals surface area contributed by atoms with E-state index in [4.69, 9.17) is 21.3 Å². The van der Waals surface area contributed by atoms with Crippen LogP contribution in [0.1, 0.15) is 5.56 Å². The molecule has 1 heterocycles. The van der Waals surface area contributed by atoms with E-state index in [-0.39, 0.29) is 5.43 Å². The van der Waals surface area contributed by atoms with Crippen molar-refractivity contribution in [2.45, 2.75) is 0 Å². The lowest BCUT2D eigenvalue weighted by Crippen LogP contribution is -2.02. The first-order chi connectivity index (χ1) is 8.69. The van der Waals surface area contributed by atoms with Crippen molar-refractivity contribution in [1.82, 2.24) is 0 Å². The van der Waals surface area contributed by atoms with Crippen LogP contribution in [0, 0.1) is 11.3 Å². The van der Waals surface area contributed by atoms with Crippen molar-refractivity contribution in [2.75, 3.05) is 0 Å². The van der Waals surface area contributed by atoms with Crippen LogP contribution in [0.2, 0.25) is 5.02 Å². The van der Waals surface area contributed by atoms with Crippen molar-refractivity contribution in [3.63, 3.8) is 0 Å². The van der Waals surface area contributed by atoms with Gasteiger partial charge in [0.2, 0.25) is 5.43 Å². The molecule has 0 fully saturated rings. The number of fused-ring (bicyclic) bond motifs is 2. The van der Waals surface area contributed by atoms with Crippen LogP contribution >= 0.6 is 11.6 Å². The van der Waals surface area contributed by atoms with Gasteiger partial charge in [-0.05, 0) is 30.3 Å². The zero-order chi connectivity index (χ0) is 12.7. The topological polar surface area (TPSA) is 54.0 Å². The Bertz CT molecular complexity index is 874. The summed E-state index contributed by atoms with van der Waals surface area (Å²) < 4.78 is 5.61. The molecule has 0 unspecified atom stereocenters. The van der Waals surface area contributed by atoms with E-state index in [1.807, 2.05) is 6.07 Å². The number of halogens is 1. The second-order valence-corrected chi connectivity index (χ2v) is 4.33. The Kier molecular flexibility index (Phi) is 2.32. The molecule has 0 bridgehead atoms. The highest BCUT2D eigenvalue weighted by Crippen LogP contribution is 2.22. The molecular weight excluding hydrogens is 250 g/mol. The molecular formula is C14H6ClNO2. The summed E-state index contributed by atoms with van der Waals surface area (Å²) in [6.07, 6.45) is 0. The van der Waals surface area contributed by atoms with E-state index in [0.29, 0.717) is 32.5 Å². The number of nitrogens with zero attached hydrogens (tertiary/aromatic N) is 1. The van der Waals surface area contributed by atoms with Gasteiger partial charge in [0.05, 0.1) is 22.4 Å². The van der Waals surface area contributed by atoms with Crippen LogP contribution in [0.25, 0.3) is 21.9 Å². The summed E-state index contributed by atoms with van der Waals surface area (Å²) in [4.78, 5) is 12.3. The van der Waals surface area contributed by atoms with Gasteiger partial charge in [0, 0.05) is 11.1 Å². The molecule has 0 atom stereocenters. The fourth-order valence-electron chi connectivity index (χ4n) is 1.90. The van der Waals surface area contributed by atoms with Crippen LogP contribution in [0.15, 0.2) is 45.6 Å². The van der Waals surface area contributed by atoms with Gasteiger partial charge in [-0.25, -0.2) is 0 Å². The Balaban J connectivity index is 2.53. The predicted octanol–water partition coefficient (Wildman–Crippen LogP) is 3.47. The maximum Gasteiger partial charge on any atom is 0.200 e. The summed E-state index contributed by atoms with van der Waals surface area (Å²) in [5.74, 6) is 0. The smallest absolute Gasteiger partial charge is 0.200 e. The third kappa shape index (κ3) is 1.55. The highest BCUT2D eigenvalue weighted by atomic mass is 35.5. The van der Waals surface area contributed by atoms with Gasteiger partial charge in [-0.1, -0.05) is 11.6 Å². The van der Waals surface area contributed by atoms with Crippen molar-refractivity contribution in [3.8, 4) is 6.07 Å². The summed E-state index contributed by atoms with van der Waals surface area (Å²) in [7, 11) is 0. The minimum atomic E-state index is -0.153. The number of nitriles is 1. The average molecular weight is 256 g/mol. The summed E-state index contributed by atoms with van der Waals surface area (Å²) in [6, 6.07) is 11.6. The molecule has 0 aliphatic heterocycles. The fourth-order valence-corrected chi connectivity index (χ4v) is 2.06. The Morgan fingerprint density at radius 2 is 1.89 bits per heavy atom. The van der Waals surface area contributed by atoms with Crippen LogP contribution in [-0.2, 0) is 0 Å². The summed E-state index contributed by atoms with van der Waals surface area (Å²) in [5.41, 5.74) is 1.18. The molecule has 2 aromatic carbocycles. The third-order valence-corrected chi connectivity index (χ3v) is 3.00. The van der Waals surface area contributed by atoms with Gasteiger partial charge in [-0.3, -0.25) is 4.79 Å². The maximum absolute atomic E-state index is 12.3. The van der Waals surface area contributed by atoms with E-state index < -0.39 is 0 Å². The lowest BCUT2D eigenvalue weighted by Gasteiger charge is -2.01. The third-order valence-electron chi connectivity index (χ3n) is 2.76. The summed E-state index contributed by atoms with van der Waals surface area (Å²) in [6.45, 7) is 0. The quantitative estimate of drug-likeness (QED) is 0.578. The van der Waals surface area contributed by atoms with Gasteiger partial charge in [-0.15, -0.1) is 0 Å². The highest BCUT2D eigenvalue weighted by Gasteiger charge is 2.08. The number of rotatable bonds is 0. The molecule has 0 saturated carbocycles. The summed E-state index contributed by atoms with van der Waals surface area (Å²) >= 11 is 5.86. The van der Waals surface area contributed by atoms with Gasteiger partial charge in [0.1, 0.15) is 11.2 Å². The van der Waals surface area contributed by atoms with Crippen molar-refractivity contribution >= 4 is 33.5 Å². The molecule has 3 aromatic rings. The van der Waals surface area contributed by atoms with Gasteiger partial charge in [-0.2, -0.15) is 5.26 Å². The molecule has 0 aliphatic rings. The first kappa shape index (κ1) is 10.8. The average Bonchev–Trinajstić information content (AvgIpc) is 2.38.